The van der Waals surface area contributed by atoms with Crippen LogP contribution in [0.3, 0.4) is 0 Å². The number of ether oxygens (including phenoxy) is 1. The van der Waals surface area contributed by atoms with Crippen LogP contribution < -0.4 is 0 Å². The van der Waals surface area contributed by atoms with E-state index in [0.29, 0.717) is 17.4 Å². The summed E-state index contributed by atoms with van der Waals surface area (Å²) in [6.07, 6.45) is 42.3. The normalized spacial score (nSPS) is 12.4. The van der Waals surface area contributed by atoms with Crippen LogP contribution in [0.2, 0.25) is 0 Å². The fraction of sp³-hybridized carbons (Fsp3) is 0.952. The molecule has 0 aromatic heterocycles. The van der Waals surface area contributed by atoms with Crippen molar-refractivity contribution in [1.82, 2.24) is 0 Å². The first-order valence-electron chi connectivity index (χ1n) is 21.0. The number of aliphatic carboxylic acids is 1. The Morgan fingerprint density at radius 2 is 0.787 bits per heavy atom. The average Bonchev–Trinajstić information content (AvgIpc) is 3.01. The Kier molecular flexibility index (Phi) is 33.9. The van der Waals surface area contributed by atoms with Crippen LogP contribution in [0.25, 0.3) is 0 Å². The third kappa shape index (κ3) is 36.0. The Morgan fingerprint density at radius 1 is 0.489 bits per heavy atom. The molecule has 0 fully saturated rings. The van der Waals surface area contributed by atoms with E-state index >= 15 is 0 Å². The number of esters is 1. The summed E-state index contributed by atoms with van der Waals surface area (Å²) in [5.74, 6) is -0.906. The zero-order valence-corrected chi connectivity index (χ0v) is 32.4. The van der Waals surface area contributed by atoms with E-state index in [1.54, 1.807) is 0 Å². The number of unbranched alkanes of at least 4 members (excludes halogenated alkanes) is 29. The monoisotopic (exact) mass is 667 g/mol. The Hall–Kier alpha value is -1.10. The van der Waals surface area contributed by atoms with Crippen molar-refractivity contribution in [3.63, 3.8) is 0 Å². The summed E-state index contributed by atoms with van der Waals surface area (Å²) in [6.45, 7) is 5.17. The van der Waals surface area contributed by atoms with E-state index in [1.165, 1.54) is 173 Å². The predicted octanol–water partition coefficient (Wildman–Crippen LogP) is 13.0. The highest BCUT2D eigenvalue weighted by Gasteiger charge is 2.27. The zero-order chi connectivity index (χ0) is 34.7. The Balaban J connectivity index is 3.98. The number of carbonyl (C=O) groups is 2. The fourth-order valence-corrected chi connectivity index (χ4v) is 6.98. The minimum absolute atomic E-state index is 0.0477. The summed E-state index contributed by atoms with van der Waals surface area (Å²) >= 11 is 0. The third-order valence-electron chi connectivity index (χ3n) is 9.92. The molecule has 1 N–H and O–H groups in total. The van der Waals surface area contributed by atoms with Crippen LogP contribution in [-0.2, 0) is 14.3 Å². The fourth-order valence-electron chi connectivity index (χ4n) is 6.98. The summed E-state index contributed by atoms with van der Waals surface area (Å²) < 4.78 is 6.30. The minimum Gasteiger partial charge on any atom is -0.477 e. The molecule has 5 nitrogen and oxygen atoms in total. The van der Waals surface area contributed by atoms with E-state index in [2.05, 4.69) is 13.8 Å². The van der Waals surface area contributed by atoms with Gasteiger partial charge in [-0.25, -0.2) is 4.79 Å². The van der Waals surface area contributed by atoms with E-state index in [0.717, 1.165) is 32.1 Å². The zero-order valence-electron chi connectivity index (χ0n) is 32.4. The Labute approximate surface area is 294 Å². The molecule has 0 aromatic rings. The van der Waals surface area contributed by atoms with Gasteiger partial charge in [0.15, 0.2) is 12.6 Å². The van der Waals surface area contributed by atoms with Crippen molar-refractivity contribution < 1.29 is 23.9 Å². The Bertz CT molecular complexity index is 680. The molecule has 0 aliphatic heterocycles. The number of carbonyl (C=O) groups excluding carboxylic acids is 1. The molecule has 0 aliphatic carbocycles. The summed E-state index contributed by atoms with van der Waals surface area (Å²) in [7, 11) is 3.86. The Morgan fingerprint density at radius 3 is 1.11 bits per heavy atom. The molecule has 47 heavy (non-hydrogen) atoms. The van der Waals surface area contributed by atoms with Crippen molar-refractivity contribution in [3.8, 4) is 0 Å². The van der Waals surface area contributed by atoms with E-state index in [1.807, 2.05) is 14.1 Å². The maximum absolute atomic E-state index is 12.7. The maximum Gasteiger partial charge on any atom is 0.359 e. The largest absolute Gasteiger partial charge is 0.477 e. The lowest BCUT2D eigenvalue weighted by Gasteiger charge is -2.31. The van der Waals surface area contributed by atoms with E-state index in [4.69, 9.17) is 4.74 Å². The van der Waals surface area contributed by atoms with E-state index in [-0.39, 0.29) is 18.6 Å². The maximum atomic E-state index is 12.7. The van der Waals surface area contributed by atoms with Gasteiger partial charge in [-0.1, -0.05) is 200 Å². The minimum atomic E-state index is -0.805. The first kappa shape index (κ1) is 45.9. The lowest BCUT2D eigenvalue weighted by atomic mass is 10.0. The quantitative estimate of drug-likeness (QED) is 0.0405. The summed E-state index contributed by atoms with van der Waals surface area (Å²) in [5, 5.41) is 9.35. The molecule has 1 unspecified atom stereocenters. The van der Waals surface area contributed by atoms with Gasteiger partial charge in [0, 0.05) is 6.42 Å². The lowest BCUT2D eigenvalue weighted by Crippen LogP contribution is -2.49. The van der Waals surface area contributed by atoms with Crippen LogP contribution in [0.4, 0.5) is 0 Å². The number of hydrogen-bond donors (Lipinski definition) is 1. The van der Waals surface area contributed by atoms with Gasteiger partial charge in [-0.3, -0.25) is 4.79 Å². The van der Waals surface area contributed by atoms with Gasteiger partial charge in [0.2, 0.25) is 0 Å². The second kappa shape index (κ2) is 34.8. The number of likely N-dealkylation sites (N-methyl/N-ethyl adjacent to an activating group) is 1. The highest BCUT2D eigenvalue weighted by molar-refractivity contribution is 5.69. The molecule has 280 valence electrons. The van der Waals surface area contributed by atoms with Crippen LogP contribution >= 0.6 is 0 Å². The number of quaternary nitrogens is 1. The van der Waals surface area contributed by atoms with Gasteiger partial charge in [-0.2, -0.15) is 0 Å². The third-order valence-corrected chi connectivity index (χ3v) is 9.92. The van der Waals surface area contributed by atoms with Gasteiger partial charge in [0.1, 0.15) is 6.54 Å². The molecule has 0 aromatic carbocycles. The number of rotatable bonds is 38. The topological polar surface area (TPSA) is 63.6 Å². The highest BCUT2D eigenvalue weighted by atomic mass is 16.5. The molecule has 0 heterocycles. The van der Waals surface area contributed by atoms with Crippen LogP contribution in [-0.4, -0.2) is 54.8 Å². The number of carboxylic acid groups (broad SMARTS) is 1. The molecule has 1 atom stereocenters. The van der Waals surface area contributed by atoms with Crippen molar-refractivity contribution >= 4 is 11.9 Å². The average molecular weight is 667 g/mol. The van der Waals surface area contributed by atoms with Crippen LogP contribution in [0.5, 0.6) is 0 Å². The molecule has 0 saturated carbocycles. The SMILES string of the molecule is CCCCCCCCCCCCCCCCCCC(C[N+](C)(C)CC(=O)O)OC(=O)CCCCCCCCCCCCCCCCC. The van der Waals surface area contributed by atoms with Gasteiger partial charge < -0.3 is 14.3 Å². The molecule has 0 saturated heterocycles. The second-order valence-electron chi connectivity index (χ2n) is 15.6. The lowest BCUT2D eigenvalue weighted by molar-refractivity contribution is -0.886. The van der Waals surface area contributed by atoms with Crippen molar-refractivity contribution in [2.24, 2.45) is 0 Å². The van der Waals surface area contributed by atoms with Crippen molar-refractivity contribution in [2.45, 2.75) is 232 Å². The molecule has 0 radical (unpaired) electrons. The van der Waals surface area contributed by atoms with E-state index < -0.39 is 5.97 Å². The first-order valence-corrected chi connectivity index (χ1v) is 21.0. The first-order chi connectivity index (χ1) is 22.8. The number of nitrogens with zero attached hydrogens (tertiary/aromatic N) is 1. The molecule has 0 rings (SSSR count). The molecule has 0 amide bonds. The van der Waals surface area contributed by atoms with Crippen LogP contribution in [0.15, 0.2) is 0 Å². The molecule has 0 bridgehead atoms. The van der Waals surface area contributed by atoms with Crippen LogP contribution in [0, 0.1) is 0 Å². The van der Waals surface area contributed by atoms with Gasteiger partial charge in [0.05, 0.1) is 14.1 Å². The van der Waals surface area contributed by atoms with Crippen molar-refractivity contribution in [1.29, 1.82) is 0 Å². The number of hydrogen-bond acceptors (Lipinski definition) is 3. The standard InChI is InChI=1S/C42H83NO4/c1-5-7-9-11-13-15-17-19-21-23-24-26-28-30-32-34-36-40(38-43(3,4)39-41(44)45)47-42(46)37-35-33-31-29-27-25-22-20-18-16-14-12-10-8-6-2/h40H,5-39H2,1-4H3/p+1. The molecule has 0 spiro atoms. The van der Waals surface area contributed by atoms with Crippen molar-refractivity contribution in [3.05, 3.63) is 0 Å². The summed E-state index contributed by atoms with van der Waals surface area (Å²) in [4.78, 5) is 24.1. The molecular formula is C42H84NO4+. The molecular weight excluding hydrogens is 582 g/mol. The van der Waals surface area contributed by atoms with Gasteiger partial charge in [-0.15, -0.1) is 0 Å². The smallest absolute Gasteiger partial charge is 0.359 e. The molecule has 5 heteroatoms. The summed E-state index contributed by atoms with van der Waals surface area (Å²) in [6, 6.07) is 0. The van der Waals surface area contributed by atoms with Gasteiger partial charge >= 0.3 is 11.9 Å². The van der Waals surface area contributed by atoms with E-state index in [9.17, 15) is 14.7 Å². The van der Waals surface area contributed by atoms with Gasteiger partial charge in [0.25, 0.3) is 0 Å². The number of carboxylic acids is 1. The predicted molar refractivity (Wildman–Crippen MR) is 203 cm³/mol. The van der Waals surface area contributed by atoms with Gasteiger partial charge in [-0.05, 0) is 19.3 Å². The molecule has 0 aliphatic rings. The summed E-state index contributed by atoms with van der Waals surface area (Å²) in [5.41, 5.74) is 0. The van der Waals surface area contributed by atoms with Crippen LogP contribution in [0.1, 0.15) is 226 Å². The highest BCUT2D eigenvalue weighted by Crippen LogP contribution is 2.18. The van der Waals surface area contributed by atoms with Crippen molar-refractivity contribution in [2.75, 3.05) is 27.2 Å². The second-order valence-corrected chi connectivity index (χ2v) is 15.6.